The number of aryl methyl sites for hydroxylation is 1. The standard InChI is InChI=1S/C24H19N3O6/c1-15-9-11-17(12-10-15)22(28)26-21(14-16-5-4-6-18(13-16)27(32)33)23(29)25-20-8-3-2-7-19(20)24(30)31/h2-14H,1H3,(H,25,29)(H,26,28)(H,30,31). The molecule has 3 aromatic rings. The van der Waals surface area contributed by atoms with E-state index in [2.05, 4.69) is 10.6 Å². The molecule has 0 saturated heterocycles. The number of hydrogen-bond acceptors (Lipinski definition) is 5. The van der Waals surface area contributed by atoms with Crippen molar-refractivity contribution in [2.75, 3.05) is 5.32 Å². The lowest BCUT2D eigenvalue weighted by Crippen LogP contribution is -2.31. The van der Waals surface area contributed by atoms with E-state index in [1.807, 2.05) is 6.92 Å². The Morgan fingerprint density at radius 3 is 2.33 bits per heavy atom. The molecule has 3 rings (SSSR count). The molecule has 0 aromatic heterocycles. The van der Waals surface area contributed by atoms with Crippen molar-refractivity contribution in [1.29, 1.82) is 0 Å². The lowest BCUT2D eigenvalue weighted by molar-refractivity contribution is -0.384. The zero-order valence-electron chi connectivity index (χ0n) is 17.4. The minimum Gasteiger partial charge on any atom is -0.478 e. The molecule has 0 fully saturated rings. The average Bonchev–Trinajstić information content (AvgIpc) is 2.79. The highest BCUT2D eigenvalue weighted by molar-refractivity contribution is 6.12. The van der Waals surface area contributed by atoms with Gasteiger partial charge in [-0.15, -0.1) is 0 Å². The Kier molecular flexibility index (Phi) is 6.94. The number of para-hydroxylation sites is 1. The van der Waals surface area contributed by atoms with Crippen LogP contribution >= 0.6 is 0 Å². The lowest BCUT2D eigenvalue weighted by atomic mass is 10.1. The zero-order valence-corrected chi connectivity index (χ0v) is 17.4. The fraction of sp³-hybridized carbons (Fsp3) is 0.0417. The van der Waals surface area contributed by atoms with E-state index < -0.39 is 22.7 Å². The third-order valence-corrected chi connectivity index (χ3v) is 4.60. The maximum Gasteiger partial charge on any atom is 0.337 e. The lowest BCUT2D eigenvalue weighted by Gasteiger charge is -2.13. The maximum atomic E-state index is 13.0. The normalized spacial score (nSPS) is 10.9. The molecule has 0 spiro atoms. The summed E-state index contributed by atoms with van der Waals surface area (Å²) in [7, 11) is 0. The van der Waals surface area contributed by atoms with Crippen molar-refractivity contribution in [3.8, 4) is 0 Å². The molecule has 166 valence electrons. The number of non-ortho nitro benzene ring substituents is 1. The highest BCUT2D eigenvalue weighted by Gasteiger charge is 2.18. The van der Waals surface area contributed by atoms with Gasteiger partial charge in [-0.1, -0.05) is 42.0 Å². The first-order chi connectivity index (χ1) is 15.7. The van der Waals surface area contributed by atoms with Crippen molar-refractivity contribution in [2.45, 2.75) is 6.92 Å². The van der Waals surface area contributed by atoms with Crippen molar-refractivity contribution in [3.05, 3.63) is 111 Å². The van der Waals surface area contributed by atoms with Crippen molar-refractivity contribution in [1.82, 2.24) is 5.32 Å². The van der Waals surface area contributed by atoms with Crippen LogP contribution in [0.2, 0.25) is 0 Å². The molecule has 0 heterocycles. The fourth-order valence-electron chi connectivity index (χ4n) is 2.92. The number of amides is 2. The minimum atomic E-state index is -1.24. The van der Waals surface area contributed by atoms with Crippen LogP contribution in [0.3, 0.4) is 0 Å². The Hall–Kier alpha value is -4.79. The number of carbonyl (C=O) groups is 3. The Labute approximate surface area is 188 Å². The first kappa shape index (κ1) is 22.9. The average molecular weight is 445 g/mol. The molecule has 0 bridgehead atoms. The summed E-state index contributed by atoms with van der Waals surface area (Å²) in [4.78, 5) is 47.7. The highest BCUT2D eigenvalue weighted by Crippen LogP contribution is 2.18. The topological polar surface area (TPSA) is 139 Å². The van der Waals surface area contributed by atoms with Gasteiger partial charge in [0.1, 0.15) is 5.70 Å². The third kappa shape index (κ3) is 5.88. The van der Waals surface area contributed by atoms with Gasteiger partial charge in [-0.25, -0.2) is 4.79 Å². The molecule has 3 aromatic carbocycles. The molecular formula is C24H19N3O6. The second-order valence-corrected chi connectivity index (χ2v) is 7.04. The van der Waals surface area contributed by atoms with E-state index >= 15 is 0 Å². The molecule has 0 aliphatic carbocycles. The van der Waals surface area contributed by atoms with Crippen LogP contribution < -0.4 is 10.6 Å². The van der Waals surface area contributed by atoms with Crippen LogP contribution in [0.1, 0.15) is 31.8 Å². The molecule has 3 N–H and O–H groups in total. The molecule has 0 saturated carbocycles. The fourth-order valence-corrected chi connectivity index (χ4v) is 2.92. The molecule has 33 heavy (non-hydrogen) atoms. The number of nitro benzene ring substituents is 1. The minimum absolute atomic E-state index is 0.0320. The summed E-state index contributed by atoms with van der Waals surface area (Å²) < 4.78 is 0. The van der Waals surface area contributed by atoms with Crippen LogP contribution in [-0.2, 0) is 4.79 Å². The third-order valence-electron chi connectivity index (χ3n) is 4.60. The Morgan fingerprint density at radius 1 is 0.970 bits per heavy atom. The SMILES string of the molecule is Cc1ccc(C(=O)NC(=Cc2cccc([N+](=O)[O-])c2)C(=O)Nc2ccccc2C(=O)O)cc1. The van der Waals surface area contributed by atoms with Crippen molar-refractivity contribution in [2.24, 2.45) is 0 Å². The predicted octanol–water partition coefficient (Wildman–Crippen LogP) is 4.01. The number of nitro groups is 1. The molecule has 2 amide bonds. The first-order valence-corrected chi connectivity index (χ1v) is 9.72. The zero-order chi connectivity index (χ0) is 24.0. The van der Waals surface area contributed by atoms with Crippen LogP contribution in [0.15, 0.2) is 78.5 Å². The van der Waals surface area contributed by atoms with Gasteiger partial charge in [-0.2, -0.15) is 0 Å². The summed E-state index contributed by atoms with van der Waals surface area (Å²) in [6.07, 6.45) is 1.28. The number of nitrogens with one attached hydrogen (secondary N) is 2. The van der Waals surface area contributed by atoms with E-state index in [1.165, 1.54) is 48.5 Å². The Morgan fingerprint density at radius 2 is 1.67 bits per heavy atom. The van der Waals surface area contributed by atoms with Crippen LogP contribution in [-0.4, -0.2) is 27.8 Å². The smallest absolute Gasteiger partial charge is 0.337 e. The first-order valence-electron chi connectivity index (χ1n) is 9.72. The number of hydrogen-bond donors (Lipinski definition) is 3. The van der Waals surface area contributed by atoms with Gasteiger partial charge >= 0.3 is 5.97 Å². The van der Waals surface area contributed by atoms with Crippen molar-refractivity contribution < 1.29 is 24.4 Å². The van der Waals surface area contributed by atoms with Gasteiger partial charge in [0.2, 0.25) is 0 Å². The van der Waals surface area contributed by atoms with Gasteiger partial charge in [0.25, 0.3) is 17.5 Å². The molecular weight excluding hydrogens is 426 g/mol. The van der Waals surface area contributed by atoms with Crippen molar-refractivity contribution in [3.63, 3.8) is 0 Å². The van der Waals surface area contributed by atoms with E-state index in [0.29, 0.717) is 11.1 Å². The number of carboxylic acid groups (broad SMARTS) is 1. The Bertz CT molecular complexity index is 1270. The summed E-state index contributed by atoms with van der Waals surface area (Å²) in [6, 6.07) is 18.0. The molecule has 0 atom stereocenters. The molecule has 0 radical (unpaired) electrons. The highest BCUT2D eigenvalue weighted by atomic mass is 16.6. The second-order valence-electron chi connectivity index (χ2n) is 7.04. The number of anilines is 1. The molecule has 9 heteroatoms. The van der Waals surface area contributed by atoms with Gasteiger partial charge in [0.15, 0.2) is 0 Å². The molecule has 0 unspecified atom stereocenters. The number of benzene rings is 3. The summed E-state index contributed by atoms with van der Waals surface area (Å²) in [5.74, 6) is -2.61. The molecule has 9 nitrogen and oxygen atoms in total. The monoisotopic (exact) mass is 445 g/mol. The number of nitrogens with zero attached hydrogens (tertiary/aromatic N) is 1. The molecule has 0 aliphatic rings. The van der Waals surface area contributed by atoms with Crippen LogP contribution in [0.4, 0.5) is 11.4 Å². The van der Waals surface area contributed by atoms with Gasteiger partial charge in [-0.3, -0.25) is 19.7 Å². The van der Waals surface area contributed by atoms with E-state index in [1.54, 1.807) is 30.3 Å². The quantitative estimate of drug-likeness (QED) is 0.285. The van der Waals surface area contributed by atoms with Gasteiger partial charge < -0.3 is 15.7 Å². The van der Waals surface area contributed by atoms with Crippen LogP contribution in [0.5, 0.6) is 0 Å². The van der Waals surface area contributed by atoms with Crippen LogP contribution in [0, 0.1) is 17.0 Å². The van der Waals surface area contributed by atoms with Gasteiger partial charge in [-0.05, 0) is 42.8 Å². The summed E-state index contributed by atoms with van der Waals surface area (Å²) in [6.45, 7) is 1.86. The summed E-state index contributed by atoms with van der Waals surface area (Å²) in [5.41, 5.74) is 1.03. The number of carbonyl (C=O) groups excluding carboxylic acids is 2. The van der Waals surface area contributed by atoms with E-state index in [-0.39, 0.29) is 22.6 Å². The maximum absolute atomic E-state index is 13.0. The summed E-state index contributed by atoms with van der Waals surface area (Å²) in [5, 5.41) is 25.4. The number of rotatable bonds is 7. The number of carboxylic acids is 1. The van der Waals surface area contributed by atoms with Crippen LogP contribution in [0.25, 0.3) is 6.08 Å². The largest absolute Gasteiger partial charge is 0.478 e. The number of aromatic carboxylic acids is 1. The van der Waals surface area contributed by atoms with E-state index in [0.717, 1.165) is 5.56 Å². The second kappa shape index (κ2) is 10.0. The van der Waals surface area contributed by atoms with E-state index in [9.17, 15) is 29.6 Å². The summed E-state index contributed by atoms with van der Waals surface area (Å²) >= 11 is 0. The van der Waals surface area contributed by atoms with Crippen molar-refractivity contribution >= 4 is 35.2 Å². The predicted molar refractivity (Wildman–Crippen MR) is 122 cm³/mol. The molecule has 0 aliphatic heterocycles. The van der Waals surface area contributed by atoms with Gasteiger partial charge in [0, 0.05) is 17.7 Å². The Balaban J connectivity index is 1.97. The van der Waals surface area contributed by atoms with Gasteiger partial charge in [0.05, 0.1) is 16.2 Å². The van der Waals surface area contributed by atoms with E-state index in [4.69, 9.17) is 0 Å².